The summed E-state index contributed by atoms with van der Waals surface area (Å²) in [6.45, 7) is 8.23. The fourth-order valence-electron chi connectivity index (χ4n) is 1.58. The molecule has 0 aliphatic heterocycles. The Bertz CT molecular complexity index is 423. The standard InChI is InChI=1S/C15H22BrNO2/c1-11(14(18)19-15(2,3)4)17(5)10-12-6-8-13(16)9-7-12/h6-9,11H,10H2,1-5H3. The molecule has 0 saturated heterocycles. The van der Waals surface area contributed by atoms with Gasteiger partial charge in [0.1, 0.15) is 11.6 Å². The maximum Gasteiger partial charge on any atom is 0.323 e. The second kappa shape index (κ2) is 6.53. The molecular weight excluding hydrogens is 306 g/mol. The third kappa shape index (κ3) is 5.74. The van der Waals surface area contributed by atoms with Crippen LogP contribution in [-0.2, 0) is 16.1 Å². The van der Waals surface area contributed by atoms with E-state index in [9.17, 15) is 4.79 Å². The average molecular weight is 328 g/mol. The summed E-state index contributed by atoms with van der Waals surface area (Å²) in [5.41, 5.74) is 0.727. The van der Waals surface area contributed by atoms with E-state index in [1.807, 2.05) is 63.9 Å². The summed E-state index contributed by atoms with van der Waals surface area (Å²) in [5.74, 6) is -0.188. The largest absolute Gasteiger partial charge is 0.459 e. The SMILES string of the molecule is CC(C(=O)OC(C)(C)C)N(C)Cc1ccc(Br)cc1. The summed E-state index contributed by atoms with van der Waals surface area (Å²) in [6.07, 6.45) is 0. The zero-order valence-corrected chi connectivity index (χ0v) is 13.8. The molecule has 0 fully saturated rings. The van der Waals surface area contributed by atoms with Crippen LogP contribution in [0.5, 0.6) is 0 Å². The lowest BCUT2D eigenvalue weighted by Crippen LogP contribution is -2.40. The van der Waals surface area contributed by atoms with Gasteiger partial charge in [-0.25, -0.2) is 0 Å². The lowest BCUT2D eigenvalue weighted by atomic mass is 10.1. The minimum Gasteiger partial charge on any atom is -0.459 e. The summed E-state index contributed by atoms with van der Waals surface area (Å²) >= 11 is 3.41. The molecule has 1 aromatic rings. The topological polar surface area (TPSA) is 29.5 Å². The van der Waals surface area contributed by atoms with Crippen LogP contribution in [0.15, 0.2) is 28.7 Å². The molecule has 0 aliphatic carbocycles. The predicted molar refractivity (Wildman–Crippen MR) is 80.9 cm³/mol. The number of halogens is 1. The molecule has 0 saturated carbocycles. The van der Waals surface area contributed by atoms with Gasteiger partial charge in [0.2, 0.25) is 0 Å². The quantitative estimate of drug-likeness (QED) is 0.791. The molecule has 0 spiro atoms. The number of ether oxygens (including phenoxy) is 1. The van der Waals surface area contributed by atoms with E-state index in [2.05, 4.69) is 15.9 Å². The van der Waals surface area contributed by atoms with Crippen LogP contribution in [0.4, 0.5) is 0 Å². The molecule has 0 N–H and O–H groups in total. The van der Waals surface area contributed by atoms with Crippen molar-refractivity contribution in [2.75, 3.05) is 7.05 Å². The smallest absolute Gasteiger partial charge is 0.323 e. The first-order valence-corrected chi connectivity index (χ1v) is 7.16. The van der Waals surface area contributed by atoms with Gasteiger partial charge in [0, 0.05) is 11.0 Å². The number of rotatable bonds is 4. The van der Waals surface area contributed by atoms with Crippen molar-refractivity contribution >= 4 is 21.9 Å². The van der Waals surface area contributed by atoms with Gasteiger partial charge in [0.05, 0.1) is 0 Å². The Morgan fingerprint density at radius 2 is 1.84 bits per heavy atom. The molecule has 1 atom stereocenters. The highest BCUT2D eigenvalue weighted by molar-refractivity contribution is 9.10. The third-order valence-electron chi connectivity index (χ3n) is 2.75. The Kier molecular flexibility index (Phi) is 5.56. The van der Waals surface area contributed by atoms with Gasteiger partial charge in [-0.15, -0.1) is 0 Å². The van der Waals surface area contributed by atoms with Crippen molar-refractivity contribution in [2.45, 2.75) is 45.9 Å². The number of hydrogen-bond acceptors (Lipinski definition) is 3. The van der Waals surface area contributed by atoms with Crippen LogP contribution in [0, 0.1) is 0 Å². The van der Waals surface area contributed by atoms with Crippen LogP contribution < -0.4 is 0 Å². The summed E-state index contributed by atoms with van der Waals surface area (Å²) in [6, 6.07) is 7.83. The molecule has 1 rings (SSSR count). The summed E-state index contributed by atoms with van der Waals surface area (Å²) in [5, 5.41) is 0. The lowest BCUT2D eigenvalue weighted by Gasteiger charge is -2.27. The van der Waals surface area contributed by atoms with Crippen LogP contribution >= 0.6 is 15.9 Å². The summed E-state index contributed by atoms with van der Waals surface area (Å²) in [4.78, 5) is 14.0. The Morgan fingerprint density at radius 3 is 2.32 bits per heavy atom. The minimum absolute atomic E-state index is 0.188. The summed E-state index contributed by atoms with van der Waals surface area (Å²) in [7, 11) is 1.93. The highest BCUT2D eigenvalue weighted by Crippen LogP contribution is 2.14. The van der Waals surface area contributed by atoms with Crippen molar-refractivity contribution in [3.05, 3.63) is 34.3 Å². The van der Waals surface area contributed by atoms with Crippen LogP contribution in [0.1, 0.15) is 33.3 Å². The van der Waals surface area contributed by atoms with Crippen LogP contribution in [0.2, 0.25) is 0 Å². The van der Waals surface area contributed by atoms with Crippen LogP contribution in [0.3, 0.4) is 0 Å². The Labute approximate surface area is 124 Å². The number of likely N-dealkylation sites (N-methyl/N-ethyl adjacent to an activating group) is 1. The van der Waals surface area contributed by atoms with Gasteiger partial charge in [-0.1, -0.05) is 28.1 Å². The lowest BCUT2D eigenvalue weighted by molar-refractivity contribution is -0.160. The highest BCUT2D eigenvalue weighted by atomic mass is 79.9. The molecule has 0 amide bonds. The molecule has 4 heteroatoms. The predicted octanol–water partition coefficient (Wildman–Crippen LogP) is 3.61. The molecule has 1 unspecified atom stereocenters. The van der Waals surface area contributed by atoms with Crippen molar-refractivity contribution in [3.63, 3.8) is 0 Å². The van der Waals surface area contributed by atoms with Crippen molar-refractivity contribution in [2.24, 2.45) is 0 Å². The first kappa shape index (κ1) is 16.2. The monoisotopic (exact) mass is 327 g/mol. The van der Waals surface area contributed by atoms with E-state index in [0.717, 1.165) is 4.47 Å². The van der Waals surface area contributed by atoms with E-state index in [1.165, 1.54) is 5.56 Å². The van der Waals surface area contributed by atoms with Crippen molar-refractivity contribution in [1.29, 1.82) is 0 Å². The highest BCUT2D eigenvalue weighted by Gasteiger charge is 2.24. The zero-order chi connectivity index (χ0) is 14.6. The molecule has 0 radical (unpaired) electrons. The molecule has 3 nitrogen and oxygen atoms in total. The number of esters is 1. The van der Waals surface area contributed by atoms with E-state index in [1.54, 1.807) is 0 Å². The minimum atomic E-state index is -0.441. The molecule has 0 aromatic heterocycles. The fraction of sp³-hybridized carbons (Fsp3) is 0.533. The first-order valence-electron chi connectivity index (χ1n) is 6.36. The average Bonchev–Trinajstić information content (AvgIpc) is 2.28. The molecule has 0 bridgehead atoms. The maximum absolute atomic E-state index is 12.0. The normalized spacial score (nSPS) is 13.4. The number of hydrogen-bond donors (Lipinski definition) is 0. The van der Waals surface area contributed by atoms with Crippen molar-refractivity contribution in [3.8, 4) is 0 Å². The van der Waals surface area contributed by atoms with Crippen LogP contribution in [-0.4, -0.2) is 29.6 Å². The van der Waals surface area contributed by atoms with E-state index in [-0.39, 0.29) is 12.0 Å². The molecule has 1 aromatic carbocycles. The second-order valence-corrected chi connectivity index (χ2v) is 6.67. The number of benzene rings is 1. The van der Waals surface area contributed by atoms with Crippen LogP contribution in [0.25, 0.3) is 0 Å². The molecule has 106 valence electrons. The van der Waals surface area contributed by atoms with E-state index >= 15 is 0 Å². The first-order chi connectivity index (χ1) is 8.69. The van der Waals surface area contributed by atoms with Gasteiger partial charge >= 0.3 is 5.97 Å². The zero-order valence-electron chi connectivity index (χ0n) is 12.2. The summed E-state index contributed by atoms with van der Waals surface area (Å²) < 4.78 is 6.44. The molecule has 0 aliphatic rings. The molecular formula is C15H22BrNO2. The van der Waals surface area contributed by atoms with E-state index < -0.39 is 5.60 Å². The van der Waals surface area contributed by atoms with E-state index in [4.69, 9.17) is 4.74 Å². The number of carbonyl (C=O) groups is 1. The number of nitrogens with zero attached hydrogens (tertiary/aromatic N) is 1. The Morgan fingerprint density at radius 1 is 1.32 bits per heavy atom. The van der Waals surface area contributed by atoms with Gasteiger partial charge in [-0.05, 0) is 52.4 Å². The molecule has 19 heavy (non-hydrogen) atoms. The van der Waals surface area contributed by atoms with Gasteiger partial charge in [0.15, 0.2) is 0 Å². The van der Waals surface area contributed by atoms with Gasteiger partial charge in [-0.3, -0.25) is 9.69 Å². The fourth-order valence-corrected chi connectivity index (χ4v) is 1.85. The van der Waals surface area contributed by atoms with Crippen molar-refractivity contribution < 1.29 is 9.53 Å². The Hall–Kier alpha value is -0.870. The third-order valence-corrected chi connectivity index (χ3v) is 3.28. The van der Waals surface area contributed by atoms with Crippen molar-refractivity contribution in [1.82, 2.24) is 4.90 Å². The van der Waals surface area contributed by atoms with E-state index in [0.29, 0.717) is 6.54 Å². The molecule has 0 heterocycles. The van der Waals surface area contributed by atoms with Gasteiger partial charge in [-0.2, -0.15) is 0 Å². The van der Waals surface area contributed by atoms with Gasteiger partial charge in [0.25, 0.3) is 0 Å². The second-order valence-electron chi connectivity index (χ2n) is 5.75. The Balaban J connectivity index is 2.59. The van der Waals surface area contributed by atoms with Gasteiger partial charge < -0.3 is 4.74 Å². The maximum atomic E-state index is 12.0. The number of carbonyl (C=O) groups excluding carboxylic acids is 1.